The number of thiophene rings is 1. The van der Waals surface area contributed by atoms with Crippen LogP contribution in [0.3, 0.4) is 0 Å². The molecule has 0 aliphatic carbocycles. The fraction of sp³-hybridized carbons (Fsp3) is 0.0625. The van der Waals surface area contributed by atoms with Gasteiger partial charge in [-0.25, -0.2) is 0 Å². The van der Waals surface area contributed by atoms with Crippen LogP contribution in [0.2, 0.25) is 0 Å². The maximum Gasteiger partial charge on any atom is 0.252 e. The average molecular weight is 362 g/mol. The van der Waals surface area contributed by atoms with Crippen LogP contribution in [0.5, 0.6) is 0 Å². The number of rotatable bonds is 4. The largest absolute Gasteiger partial charge is 0.464 e. The van der Waals surface area contributed by atoms with E-state index in [1.807, 2.05) is 41.8 Å². The first-order valence-corrected chi connectivity index (χ1v) is 8.05. The van der Waals surface area contributed by atoms with Gasteiger partial charge in [0, 0.05) is 20.3 Å². The van der Waals surface area contributed by atoms with Gasteiger partial charge < -0.3 is 9.73 Å². The van der Waals surface area contributed by atoms with Crippen LogP contribution in [-0.2, 0) is 6.54 Å². The summed E-state index contributed by atoms with van der Waals surface area (Å²) in [7, 11) is 0. The summed E-state index contributed by atoms with van der Waals surface area (Å²) < 4.78 is 6.15. The number of nitrogens with one attached hydrogen (secondary N) is 1. The zero-order valence-electron chi connectivity index (χ0n) is 11.0. The molecule has 0 aliphatic heterocycles. The Labute approximate surface area is 134 Å². The van der Waals surface area contributed by atoms with E-state index in [0.717, 1.165) is 20.7 Å². The number of benzene rings is 1. The molecule has 1 amide bonds. The molecule has 3 nitrogen and oxygen atoms in total. The second-order valence-electron chi connectivity index (χ2n) is 4.44. The molecule has 0 spiro atoms. The van der Waals surface area contributed by atoms with Gasteiger partial charge in [0.05, 0.1) is 18.4 Å². The molecule has 2 heterocycles. The lowest BCUT2D eigenvalue weighted by Crippen LogP contribution is -2.22. The summed E-state index contributed by atoms with van der Waals surface area (Å²) in [5.74, 6) is 0.755. The quantitative estimate of drug-likeness (QED) is 0.731. The summed E-state index contributed by atoms with van der Waals surface area (Å²) in [5.41, 5.74) is 1.68. The monoisotopic (exact) mass is 361 g/mol. The number of furan rings is 1. The number of amides is 1. The fourth-order valence-electron chi connectivity index (χ4n) is 1.95. The lowest BCUT2D eigenvalue weighted by Gasteiger charge is -2.05. The molecule has 3 rings (SSSR count). The molecule has 0 radical (unpaired) electrons. The molecule has 0 aliphatic rings. The molecule has 0 unspecified atom stereocenters. The molecular formula is C16H12BrNO2S. The number of hydrogen-bond acceptors (Lipinski definition) is 3. The molecule has 5 heteroatoms. The Bertz CT molecular complexity index is 749. The summed E-state index contributed by atoms with van der Waals surface area (Å²) >= 11 is 4.99. The number of carbonyl (C=O) groups excluding carboxylic acids is 1. The average Bonchev–Trinajstić information content (AvgIpc) is 3.16. The van der Waals surface area contributed by atoms with Gasteiger partial charge >= 0.3 is 0 Å². The van der Waals surface area contributed by atoms with Crippen LogP contribution in [0.1, 0.15) is 15.2 Å². The summed E-state index contributed by atoms with van der Waals surface area (Å²) in [6.45, 7) is 0.505. The predicted molar refractivity (Wildman–Crippen MR) is 87.3 cm³/mol. The van der Waals surface area contributed by atoms with E-state index in [1.54, 1.807) is 23.7 Å². The third kappa shape index (κ3) is 3.25. The molecule has 1 aromatic carbocycles. The Hall–Kier alpha value is -1.85. The van der Waals surface area contributed by atoms with Gasteiger partial charge in [0.15, 0.2) is 0 Å². The van der Waals surface area contributed by atoms with E-state index in [4.69, 9.17) is 4.42 Å². The summed E-state index contributed by atoms with van der Waals surface area (Å²) in [4.78, 5) is 13.2. The van der Waals surface area contributed by atoms with Crippen molar-refractivity contribution < 1.29 is 9.21 Å². The van der Waals surface area contributed by atoms with E-state index < -0.39 is 0 Å². The number of carbonyl (C=O) groups is 1. The second kappa shape index (κ2) is 6.28. The molecule has 106 valence electrons. The molecule has 21 heavy (non-hydrogen) atoms. The van der Waals surface area contributed by atoms with E-state index >= 15 is 0 Å². The predicted octanol–water partition coefficient (Wildman–Crippen LogP) is 4.70. The standard InChI is InChI=1S/C16H12BrNO2S/c17-14-5-2-1-4-13(14)16(19)18-9-12-8-11(10-21-12)15-6-3-7-20-15/h1-8,10H,9H2,(H,18,19). The highest BCUT2D eigenvalue weighted by Gasteiger charge is 2.10. The van der Waals surface area contributed by atoms with Crippen molar-refractivity contribution in [2.24, 2.45) is 0 Å². The van der Waals surface area contributed by atoms with Crippen molar-refractivity contribution in [3.05, 3.63) is 69.0 Å². The Kier molecular flexibility index (Phi) is 4.22. The molecule has 0 bridgehead atoms. The maximum atomic E-state index is 12.1. The van der Waals surface area contributed by atoms with Crippen LogP contribution in [0.25, 0.3) is 11.3 Å². The fourth-order valence-corrected chi connectivity index (χ4v) is 3.23. The lowest BCUT2D eigenvalue weighted by atomic mass is 10.2. The SMILES string of the molecule is O=C(NCc1cc(-c2ccco2)cs1)c1ccccc1Br. The van der Waals surface area contributed by atoms with E-state index in [0.29, 0.717) is 12.1 Å². The van der Waals surface area contributed by atoms with Gasteiger partial charge in [-0.1, -0.05) is 12.1 Å². The maximum absolute atomic E-state index is 12.1. The number of hydrogen-bond donors (Lipinski definition) is 1. The Morgan fingerprint density at radius 2 is 2.10 bits per heavy atom. The van der Waals surface area contributed by atoms with E-state index in [2.05, 4.69) is 21.2 Å². The highest BCUT2D eigenvalue weighted by Crippen LogP contribution is 2.26. The first kappa shape index (κ1) is 14.1. The Morgan fingerprint density at radius 1 is 1.24 bits per heavy atom. The van der Waals surface area contributed by atoms with Gasteiger partial charge in [-0.2, -0.15) is 0 Å². The van der Waals surface area contributed by atoms with Crippen LogP contribution in [0.4, 0.5) is 0 Å². The normalized spacial score (nSPS) is 10.5. The summed E-state index contributed by atoms with van der Waals surface area (Å²) in [5, 5.41) is 4.95. The van der Waals surface area contributed by atoms with Gasteiger partial charge in [-0.05, 0) is 46.3 Å². The topological polar surface area (TPSA) is 42.2 Å². The highest BCUT2D eigenvalue weighted by molar-refractivity contribution is 9.10. The lowest BCUT2D eigenvalue weighted by molar-refractivity contribution is 0.0950. The van der Waals surface area contributed by atoms with E-state index in [1.165, 1.54) is 0 Å². The van der Waals surface area contributed by atoms with E-state index in [-0.39, 0.29) is 5.91 Å². The van der Waals surface area contributed by atoms with Gasteiger partial charge in [0.25, 0.3) is 5.91 Å². The van der Waals surface area contributed by atoms with Crippen LogP contribution in [0.15, 0.2) is 63.0 Å². The van der Waals surface area contributed by atoms with Crippen LogP contribution in [-0.4, -0.2) is 5.91 Å². The van der Waals surface area contributed by atoms with Crippen molar-refractivity contribution in [1.29, 1.82) is 0 Å². The van der Waals surface area contributed by atoms with Crippen molar-refractivity contribution >= 4 is 33.2 Å². The minimum absolute atomic E-state index is 0.0876. The summed E-state index contributed by atoms with van der Waals surface area (Å²) in [6.07, 6.45) is 1.65. The van der Waals surface area contributed by atoms with Crippen molar-refractivity contribution in [2.75, 3.05) is 0 Å². The zero-order chi connectivity index (χ0) is 14.7. The highest BCUT2D eigenvalue weighted by atomic mass is 79.9. The zero-order valence-corrected chi connectivity index (χ0v) is 13.4. The van der Waals surface area contributed by atoms with Crippen LogP contribution in [0, 0.1) is 0 Å². The first-order valence-electron chi connectivity index (χ1n) is 6.38. The number of halogens is 1. The third-order valence-electron chi connectivity index (χ3n) is 3.00. The minimum atomic E-state index is -0.0876. The van der Waals surface area contributed by atoms with Crippen molar-refractivity contribution in [3.63, 3.8) is 0 Å². The smallest absolute Gasteiger partial charge is 0.252 e. The van der Waals surface area contributed by atoms with Crippen LogP contribution >= 0.6 is 27.3 Å². The van der Waals surface area contributed by atoms with Crippen molar-refractivity contribution in [1.82, 2.24) is 5.32 Å². The van der Waals surface area contributed by atoms with Crippen molar-refractivity contribution in [2.45, 2.75) is 6.54 Å². The summed E-state index contributed by atoms with van der Waals surface area (Å²) in [6, 6.07) is 13.2. The molecule has 0 fully saturated rings. The van der Waals surface area contributed by atoms with Crippen molar-refractivity contribution in [3.8, 4) is 11.3 Å². The molecule has 2 aromatic heterocycles. The van der Waals surface area contributed by atoms with Crippen LogP contribution < -0.4 is 5.32 Å². The van der Waals surface area contributed by atoms with Gasteiger partial charge in [-0.15, -0.1) is 11.3 Å². The molecule has 0 atom stereocenters. The Morgan fingerprint density at radius 3 is 2.86 bits per heavy atom. The molecule has 0 saturated heterocycles. The van der Waals surface area contributed by atoms with E-state index in [9.17, 15) is 4.79 Å². The van der Waals surface area contributed by atoms with Gasteiger partial charge in [0.1, 0.15) is 5.76 Å². The molecular weight excluding hydrogens is 350 g/mol. The van der Waals surface area contributed by atoms with Gasteiger partial charge in [-0.3, -0.25) is 4.79 Å². The second-order valence-corrected chi connectivity index (χ2v) is 6.29. The molecule has 3 aromatic rings. The third-order valence-corrected chi connectivity index (χ3v) is 4.63. The Balaban J connectivity index is 1.66. The minimum Gasteiger partial charge on any atom is -0.464 e. The molecule has 1 N–H and O–H groups in total. The first-order chi connectivity index (χ1) is 10.2. The van der Waals surface area contributed by atoms with Gasteiger partial charge in [0.2, 0.25) is 0 Å². The molecule has 0 saturated carbocycles.